The fourth-order valence-electron chi connectivity index (χ4n) is 1.74. The summed E-state index contributed by atoms with van der Waals surface area (Å²) in [5, 5.41) is 2.19. The molecule has 0 aliphatic heterocycles. The Morgan fingerprint density at radius 2 is 1.96 bits per heavy atom. The molecule has 0 spiro atoms. The number of ether oxygens (including phenoxy) is 1. The molecule has 0 bridgehead atoms. The summed E-state index contributed by atoms with van der Waals surface area (Å²) in [7, 11) is -2.72. The molecule has 0 heterocycles. The summed E-state index contributed by atoms with van der Waals surface area (Å²) in [5.41, 5.74) is -0.412. The van der Waals surface area contributed by atoms with Gasteiger partial charge in [0.2, 0.25) is 0 Å². The fourth-order valence-corrected chi connectivity index (χ4v) is 2.79. The molecule has 146 valence electrons. The van der Waals surface area contributed by atoms with E-state index in [1.807, 2.05) is 11.6 Å². The monoisotopic (exact) mass is 389 g/mol. The van der Waals surface area contributed by atoms with Gasteiger partial charge in [-0.25, -0.2) is 13.9 Å². The van der Waals surface area contributed by atoms with Crippen LogP contribution >= 0.6 is 0 Å². The van der Waals surface area contributed by atoms with Crippen molar-refractivity contribution in [2.75, 3.05) is 19.0 Å². The van der Waals surface area contributed by atoms with Gasteiger partial charge in [0, 0.05) is 18.7 Å². The predicted molar refractivity (Wildman–Crippen MR) is 95.6 cm³/mol. The molecule has 0 aliphatic carbocycles. The summed E-state index contributed by atoms with van der Waals surface area (Å²) in [4.78, 5) is 23.8. The van der Waals surface area contributed by atoms with Gasteiger partial charge < -0.3 is 4.74 Å². The number of carbonyl (C=O) groups excluding carboxylic acids is 2. The van der Waals surface area contributed by atoms with Crippen LogP contribution in [0.5, 0.6) is 0 Å². The Labute approximate surface area is 152 Å². The van der Waals surface area contributed by atoms with Gasteiger partial charge in [-0.15, -0.1) is 0 Å². The summed E-state index contributed by atoms with van der Waals surface area (Å²) >= 11 is 0. The lowest BCUT2D eigenvalue weighted by Crippen LogP contribution is -2.44. The van der Waals surface area contributed by atoms with Crippen molar-refractivity contribution >= 4 is 27.9 Å². The molecule has 8 nitrogen and oxygen atoms in total. The Hall–Kier alpha value is -2.20. The van der Waals surface area contributed by atoms with E-state index in [0.29, 0.717) is 6.42 Å². The first-order chi connectivity index (χ1) is 12.1. The van der Waals surface area contributed by atoms with E-state index in [-0.39, 0.29) is 23.9 Å². The number of nitrogens with one attached hydrogen (secondary N) is 2. The van der Waals surface area contributed by atoms with Gasteiger partial charge in [-0.1, -0.05) is 13.3 Å². The first-order valence-corrected chi connectivity index (χ1v) is 9.56. The number of nitrogens with zero attached hydrogens (tertiary/aromatic N) is 1. The second-order valence-corrected chi connectivity index (χ2v) is 7.59. The van der Waals surface area contributed by atoms with Crippen LogP contribution in [0.25, 0.3) is 0 Å². The van der Waals surface area contributed by atoms with Crippen molar-refractivity contribution in [3.05, 3.63) is 29.6 Å². The van der Waals surface area contributed by atoms with Crippen LogP contribution in [0.2, 0.25) is 0 Å². The largest absolute Gasteiger partial charge is 0.449 e. The predicted octanol–water partition coefficient (Wildman–Crippen LogP) is 2.49. The van der Waals surface area contributed by atoms with Crippen LogP contribution in [0.15, 0.2) is 18.2 Å². The summed E-state index contributed by atoms with van der Waals surface area (Å²) in [5.74, 6) is -1.73. The molecule has 2 amide bonds. The lowest BCUT2D eigenvalue weighted by Gasteiger charge is -2.21. The van der Waals surface area contributed by atoms with E-state index in [1.54, 1.807) is 13.8 Å². The van der Waals surface area contributed by atoms with Crippen molar-refractivity contribution in [2.45, 2.75) is 39.7 Å². The van der Waals surface area contributed by atoms with Gasteiger partial charge in [0.25, 0.3) is 5.91 Å². The van der Waals surface area contributed by atoms with Crippen molar-refractivity contribution in [2.24, 2.45) is 0 Å². The van der Waals surface area contributed by atoms with Crippen LogP contribution in [0, 0.1) is 5.82 Å². The number of carbonyl (C=O) groups is 2. The quantitative estimate of drug-likeness (QED) is 0.665. The number of rotatable bonds is 8. The van der Waals surface area contributed by atoms with Crippen molar-refractivity contribution in [3.63, 3.8) is 0 Å². The molecule has 1 aromatic rings. The highest BCUT2D eigenvalue weighted by atomic mass is 32.2. The molecule has 0 saturated heterocycles. The molecule has 0 atom stereocenters. The van der Waals surface area contributed by atoms with Gasteiger partial charge in [0.1, 0.15) is 5.82 Å². The van der Waals surface area contributed by atoms with Crippen LogP contribution in [-0.4, -0.2) is 44.4 Å². The van der Waals surface area contributed by atoms with Gasteiger partial charge in [-0.05, 0) is 38.5 Å². The average Bonchev–Trinajstić information content (AvgIpc) is 2.55. The number of amides is 2. The molecular weight excluding hydrogens is 365 g/mol. The number of halogens is 1. The van der Waals surface area contributed by atoms with E-state index in [2.05, 4.69) is 5.32 Å². The second-order valence-electron chi connectivity index (χ2n) is 5.86. The molecule has 26 heavy (non-hydrogen) atoms. The number of hydrogen-bond donors (Lipinski definition) is 2. The van der Waals surface area contributed by atoms with E-state index in [9.17, 15) is 22.4 Å². The summed E-state index contributed by atoms with van der Waals surface area (Å²) in [6.07, 6.45) is 0.637. The third kappa shape index (κ3) is 6.26. The van der Waals surface area contributed by atoms with Gasteiger partial charge >= 0.3 is 16.3 Å². The van der Waals surface area contributed by atoms with Crippen molar-refractivity contribution < 1.29 is 27.1 Å². The molecule has 0 unspecified atom stereocenters. The Morgan fingerprint density at radius 3 is 2.54 bits per heavy atom. The first-order valence-electron chi connectivity index (χ1n) is 8.12. The minimum absolute atomic E-state index is 0.129. The van der Waals surface area contributed by atoms with Crippen LogP contribution in [0.1, 0.15) is 44.0 Å². The number of hydrogen-bond acceptors (Lipinski definition) is 5. The molecule has 0 saturated carbocycles. The summed E-state index contributed by atoms with van der Waals surface area (Å²) in [6, 6.07) is 2.75. The lowest BCUT2D eigenvalue weighted by atomic mass is 10.2. The second kappa shape index (κ2) is 9.48. The first kappa shape index (κ1) is 21.8. The zero-order valence-corrected chi connectivity index (χ0v) is 16.0. The van der Waals surface area contributed by atoms with Crippen LogP contribution in [0.3, 0.4) is 0 Å². The van der Waals surface area contributed by atoms with Gasteiger partial charge in [0.05, 0.1) is 12.3 Å². The molecule has 10 heteroatoms. The Kier molecular flexibility index (Phi) is 7.97. The summed E-state index contributed by atoms with van der Waals surface area (Å²) < 4.78 is 45.7. The Balaban J connectivity index is 2.88. The highest BCUT2D eigenvalue weighted by Crippen LogP contribution is 2.17. The number of benzene rings is 1. The number of unbranched alkanes of at least 4 members (excludes halogenated alkanes) is 1. The maximum atomic E-state index is 13.8. The highest BCUT2D eigenvalue weighted by Gasteiger charge is 2.24. The van der Waals surface area contributed by atoms with Crippen LogP contribution in [-0.2, 0) is 14.9 Å². The van der Waals surface area contributed by atoms with Crippen molar-refractivity contribution in [1.29, 1.82) is 0 Å². The smallest absolute Gasteiger partial charge is 0.411 e. The molecule has 2 N–H and O–H groups in total. The van der Waals surface area contributed by atoms with Gasteiger partial charge in [0.15, 0.2) is 0 Å². The normalized spacial score (nSPS) is 11.5. The third-order valence-corrected chi connectivity index (χ3v) is 5.15. The average molecular weight is 389 g/mol. The third-order valence-electron chi connectivity index (χ3n) is 3.52. The number of anilines is 1. The minimum atomic E-state index is -4.04. The maximum Gasteiger partial charge on any atom is 0.411 e. The molecule has 0 aliphatic rings. The fraction of sp³-hybridized carbons (Fsp3) is 0.500. The molecular formula is C16H24FN3O5S. The molecule has 0 aromatic heterocycles. The molecule has 1 rings (SSSR count). The Morgan fingerprint density at radius 1 is 1.31 bits per heavy atom. The van der Waals surface area contributed by atoms with Crippen molar-refractivity contribution in [1.82, 2.24) is 9.03 Å². The maximum absolute atomic E-state index is 13.8. The lowest BCUT2D eigenvalue weighted by molar-refractivity contribution is 0.0979. The van der Waals surface area contributed by atoms with E-state index >= 15 is 0 Å². The summed E-state index contributed by atoms with van der Waals surface area (Å²) in [6.45, 7) is 5.40. The van der Waals surface area contributed by atoms with E-state index < -0.39 is 28.0 Å². The molecule has 0 fully saturated rings. The highest BCUT2D eigenvalue weighted by molar-refractivity contribution is 7.87. The Bertz CT molecular complexity index is 752. The molecule has 0 radical (unpaired) electrons. The zero-order valence-electron chi connectivity index (χ0n) is 15.2. The SMILES string of the molecule is CCCCOC(=O)Nc1cc(C(=O)NS(=O)(=O)N(C)C(C)C)ccc1F. The topological polar surface area (TPSA) is 105 Å². The van der Waals surface area contributed by atoms with E-state index in [0.717, 1.165) is 28.9 Å². The zero-order chi connectivity index (χ0) is 19.9. The minimum Gasteiger partial charge on any atom is -0.449 e. The van der Waals surface area contributed by atoms with E-state index in [1.165, 1.54) is 7.05 Å². The van der Waals surface area contributed by atoms with E-state index in [4.69, 9.17) is 4.74 Å². The standard InChI is InChI=1S/C16H24FN3O5S/c1-5-6-9-25-16(22)18-14-10-12(7-8-13(14)17)15(21)19-26(23,24)20(4)11(2)3/h7-8,10-11H,5-6,9H2,1-4H3,(H,18,22)(H,19,21). The molecule has 1 aromatic carbocycles. The van der Waals surface area contributed by atoms with Crippen molar-refractivity contribution in [3.8, 4) is 0 Å². The van der Waals surface area contributed by atoms with Crippen LogP contribution in [0.4, 0.5) is 14.9 Å². The van der Waals surface area contributed by atoms with Crippen LogP contribution < -0.4 is 10.0 Å². The van der Waals surface area contributed by atoms with Gasteiger partial charge in [-0.2, -0.15) is 12.7 Å². The van der Waals surface area contributed by atoms with Gasteiger partial charge in [-0.3, -0.25) is 10.1 Å².